The molecule has 2 nitrogen and oxygen atoms in total. The van der Waals surface area contributed by atoms with Gasteiger partial charge in [0.2, 0.25) is 0 Å². The van der Waals surface area contributed by atoms with Crippen LogP contribution < -0.4 is 4.74 Å². The van der Waals surface area contributed by atoms with Gasteiger partial charge in [0.25, 0.3) is 0 Å². The monoisotopic (exact) mass is 240 g/mol. The minimum Gasteiger partial charge on any atom is -0.494 e. The van der Waals surface area contributed by atoms with Gasteiger partial charge in [-0.25, -0.2) is 4.39 Å². The van der Waals surface area contributed by atoms with Gasteiger partial charge in [0, 0.05) is 6.61 Å². The number of aliphatic hydroxyl groups is 1. The minimum atomic E-state index is -0.324. The lowest BCUT2D eigenvalue weighted by Crippen LogP contribution is -2.30. The van der Waals surface area contributed by atoms with E-state index in [4.69, 9.17) is 4.74 Å². The zero-order valence-corrected chi connectivity index (χ0v) is 11.0. The Hall–Kier alpha value is -1.09. The van der Waals surface area contributed by atoms with E-state index < -0.39 is 0 Å². The molecule has 0 radical (unpaired) electrons. The first-order valence-corrected chi connectivity index (χ1v) is 5.87. The molecule has 0 aliphatic rings. The second kappa shape index (κ2) is 5.50. The molecule has 1 aromatic carbocycles. The van der Waals surface area contributed by atoms with Gasteiger partial charge in [-0.1, -0.05) is 32.9 Å². The fraction of sp³-hybridized carbons (Fsp3) is 0.571. The van der Waals surface area contributed by atoms with Gasteiger partial charge in [0.15, 0.2) is 11.6 Å². The summed E-state index contributed by atoms with van der Waals surface area (Å²) in [5.41, 5.74) is 0.280. The van der Waals surface area contributed by atoms with Crippen LogP contribution in [0.15, 0.2) is 18.2 Å². The van der Waals surface area contributed by atoms with Crippen molar-refractivity contribution in [1.82, 2.24) is 0 Å². The molecule has 1 atom stereocenters. The van der Waals surface area contributed by atoms with E-state index in [0.717, 1.165) is 0 Å². The smallest absolute Gasteiger partial charge is 0.168 e. The number of benzene rings is 1. The lowest BCUT2D eigenvalue weighted by molar-refractivity contribution is 0.0937. The normalized spacial score (nSPS) is 14.8. The number of methoxy groups -OCH3 is 1. The van der Waals surface area contributed by atoms with E-state index in [-0.39, 0.29) is 29.5 Å². The molecule has 0 saturated heterocycles. The fourth-order valence-corrected chi connectivity index (χ4v) is 1.73. The van der Waals surface area contributed by atoms with Gasteiger partial charge in [-0.15, -0.1) is 0 Å². The van der Waals surface area contributed by atoms with Crippen molar-refractivity contribution in [1.29, 1.82) is 0 Å². The van der Waals surface area contributed by atoms with Crippen molar-refractivity contribution in [3.8, 4) is 5.75 Å². The quantitative estimate of drug-likeness (QED) is 0.857. The van der Waals surface area contributed by atoms with Crippen LogP contribution in [0.1, 0.15) is 26.3 Å². The second-order valence-corrected chi connectivity index (χ2v) is 5.08. The highest BCUT2D eigenvalue weighted by Crippen LogP contribution is 2.33. The molecule has 0 amide bonds. The molecule has 0 aliphatic heterocycles. The first-order chi connectivity index (χ1) is 7.94. The molecule has 0 spiro atoms. The largest absolute Gasteiger partial charge is 0.494 e. The lowest BCUT2D eigenvalue weighted by atomic mass is 9.75. The molecule has 1 N–H and O–H groups in total. The SMILES string of the molecule is COc1cccc(CC(C)(CO)C(C)C)c1F. The van der Waals surface area contributed by atoms with Gasteiger partial charge >= 0.3 is 0 Å². The molecule has 0 bridgehead atoms. The van der Waals surface area contributed by atoms with Gasteiger partial charge in [-0.2, -0.15) is 0 Å². The van der Waals surface area contributed by atoms with Crippen LogP contribution in [0.3, 0.4) is 0 Å². The van der Waals surface area contributed by atoms with Crippen molar-refractivity contribution in [3.63, 3.8) is 0 Å². The Balaban J connectivity index is 3.02. The van der Waals surface area contributed by atoms with Crippen LogP contribution in [-0.2, 0) is 6.42 Å². The van der Waals surface area contributed by atoms with E-state index >= 15 is 0 Å². The third-order valence-corrected chi connectivity index (χ3v) is 3.61. The third kappa shape index (κ3) is 2.97. The Kier molecular flexibility index (Phi) is 4.52. The van der Waals surface area contributed by atoms with Crippen molar-refractivity contribution >= 4 is 0 Å². The lowest BCUT2D eigenvalue weighted by Gasteiger charge is -2.32. The number of hydrogen-bond donors (Lipinski definition) is 1. The molecule has 17 heavy (non-hydrogen) atoms. The highest BCUT2D eigenvalue weighted by Gasteiger charge is 2.29. The molecule has 96 valence electrons. The highest BCUT2D eigenvalue weighted by molar-refractivity contribution is 5.31. The summed E-state index contributed by atoms with van der Waals surface area (Å²) in [6, 6.07) is 5.12. The van der Waals surface area contributed by atoms with E-state index in [1.54, 1.807) is 18.2 Å². The van der Waals surface area contributed by atoms with Crippen molar-refractivity contribution in [2.75, 3.05) is 13.7 Å². The molecule has 1 unspecified atom stereocenters. The summed E-state index contributed by atoms with van der Waals surface area (Å²) in [7, 11) is 1.45. The van der Waals surface area contributed by atoms with Crippen molar-refractivity contribution in [3.05, 3.63) is 29.6 Å². The van der Waals surface area contributed by atoms with Crippen molar-refractivity contribution in [2.24, 2.45) is 11.3 Å². The Morgan fingerprint density at radius 2 is 2.06 bits per heavy atom. The summed E-state index contributed by atoms with van der Waals surface area (Å²) in [5, 5.41) is 9.48. The Bertz CT molecular complexity index is 376. The number of halogens is 1. The molecule has 0 aromatic heterocycles. The molecule has 1 rings (SSSR count). The van der Waals surface area contributed by atoms with Crippen LogP contribution in [0.5, 0.6) is 5.75 Å². The summed E-state index contributed by atoms with van der Waals surface area (Å²) < 4.78 is 19.0. The molecular weight excluding hydrogens is 219 g/mol. The van der Waals surface area contributed by atoms with E-state index in [0.29, 0.717) is 12.0 Å². The molecular formula is C14H21FO2. The first-order valence-electron chi connectivity index (χ1n) is 5.87. The zero-order valence-electron chi connectivity index (χ0n) is 11.0. The standard InChI is InChI=1S/C14H21FO2/c1-10(2)14(3,9-16)8-11-6-5-7-12(17-4)13(11)15/h5-7,10,16H,8-9H2,1-4H3. The topological polar surface area (TPSA) is 29.5 Å². The van der Waals surface area contributed by atoms with Crippen LogP contribution in [0.25, 0.3) is 0 Å². The predicted molar refractivity (Wildman–Crippen MR) is 66.7 cm³/mol. The molecule has 1 aromatic rings. The van der Waals surface area contributed by atoms with Crippen LogP contribution >= 0.6 is 0 Å². The van der Waals surface area contributed by atoms with Crippen LogP contribution in [0.4, 0.5) is 4.39 Å². The van der Waals surface area contributed by atoms with Gasteiger partial charge in [0.05, 0.1) is 7.11 Å². The maximum absolute atomic E-state index is 14.0. The molecule has 0 aliphatic carbocycles. The molecule has 3 heteroatoms. The van der Waals surface area contributed by atoms with Crippen LogP contribution in [0, 0.1) is 17.2 Å². The van der Waals surface area contributed by atoms with E-state index in [9.17, 15) is 9.50 Å². The summed E-state index contributed by atoms with van der Waals surface area (Å²) in [4.78, 5) is 0. The third-order valence-electron chi connectivity index (χ3n) is 3.61. The highest BCUT2D eigenvalue weighted by atomic mass is 19.1. The average molecular weight is 240 g/mol. The summed E-state index contributed by atoms with van der Waals surface area (Å²) in [6.07, 6.45) is 0.504. The van der Waals surface area contributed by atoms with Crippen molar-refractivity contribution in [2.45, 2.75) is 27.2 Å². The molecule has 0 fully saturated rings. The Morgan fingerprint density at radius 1 is 1.41 bits per heavy atom. The van der Waals surface area contributed by atoms with Gasteiger partial charge < -0.3 is 9.84 Å². The van der Waals surface area contributed by atoms with Gasteiger partial charge in [-0.05, 0) is 29.4 Å². The maximum Gasteiger partial charge on any atom is 0.168 e. The summed E-state index contributed by atoms with van der Waals surface area (Å²) >= 11 is 0. The minimum absolute atomic E-state index is 0.0430. The van der Waals surface area contributed by atoms with E-state index in [1.807, 2.05) is 20.8 Å². The first kappa shape index (κ1) is 14.0. The van der Waals surface area contributed by atoms with E-state index in [1.165, 1.54) is 7.11 Å². The second-order valence-electron chi connectivity index (χ2n) is 5.08. The fourth-order valence-electron chi connectivity index (χ4n) is 1.73. The summed E-state index contributed by atoms with van der Waals surface area (Å²) in [5.74, 6) is 0.208. The van der Waals surface area contributed by atoms with Crippen LogP contribution in [0.2, 0.25) is 0 Å². The summed E-state index contributed by atoms with van der Waals surface area (Å²) in [6.45, 7) is 6.08. The Labute approximate surface area is 102 Å². The molecule has 0 saturated carbocycles. The van der Waals surface area contributed by atoms with Gasteiger partial charge in [0.1, 0.15) is 0 Å². The number of hydrogen-bond acceptors (Lipinski definition) is 2. The average Bonchev–Trinajstić information content (AvgIpc) is 2.31. The number of rotatable bonds is 5. The molecule has 0 heterocycles. The number of aliphatic hydroxyl groups excluding tert-OH is 1. The van der Waals surface area contributed by atoms with Crippen LogP contribution in [-0.4, -0.2) is 18.8 Å². The maximum atomic E-state index is 14.0. The van der Waals surface area contributed by atoms with E-state index in [2.05, 4.69) is 0 Å². The Morgan fingerprint density at radius 3 is 2.53 bits per heavy atom. The van der Waals surface area contributed by atoms with Crippen molar-refractivity contribution < 1.29 is 14.2 Å². The predicted octanol–water partition coefficient (Wildman–Crippen LogP) is 3.03. The van der Waals surface area contributed by atoms with Gasteiger partial charge in [-0.3, -0.25) is 0 Å². The zero-order chi connectivity index (χ0) is 13.1. The number of ether oxygens (including phenoxy) is 1.